The van der Waals surface area contributed by atoms with E-state index in [2.05, 4.69) is 0 Å². The van der Waals surface area contributed by atoms with E-state index in [1.807, 2.05) is 6.92 Å². The van der Waals surface area contributed by atoms with Crippen molar-refractivity contribution in [3.63, 3.8) is 0 Å². The van der Waals surface area contributed by atoms with E-state index in [1.165, 1.54) is 6.66 Å². The summed E-state index contributed by atoms with van der Waals surface area (Å²) in [6.45, 7) is 1.56. The van der Waals surface area contributed by atoms with Gasteiger partial charge in [-0.05, 0) is 18.2 Å². The molecule has 3 atom stereocenters. The summed E-state index contributed by atoms with van der Waals surface area (Å²) in [5.74, 6) is 0.0838. The first-order chi connectivity index (χ1) is 7.87. The predicted molar refractivity (Wildman–Crippen MR) is 69.6 cm³/mol. The zero-order chi connectivity index (χ0) is 13.1. The molecule has 0 radical (unpaired) electrons. The molecule has 1 fully saturated rings. The highest BCUT2D eigenvalue weighted by Crippen LogP contribution is 2.38. The minimum atomic E-state index is -2.66. The maximum Gasteiger partial charge on any atom is 0.222 e. The molecule has 1 aliphatic rings. The van der Waals surface area contributed by atoms with E-state index in [0.717, 1.165) is 6.42 Å². The third-order valence-electron chi connectivity index (χ3n) is 2.84. The molecule has 0 aliphatic carbocycles. The molecular formula is C10H20NO4PS. The Labute approximate surface area is 107 Å². The van der Waals surface area contributed by atoms with Crippen molar-refractivity contribution >= 4 is 24.2 Å². The molecule has 7 heteroatoms. The Morgan fingerprint density at radius 3 is 2.76 bits per heavy atom. The Kier molecular flexibility index (Phi) is 5.54. The third-order valence-corrected chi connectivity index (χ3v) is 3.78. The van der Waals surface area contributed by atoms with E-state index in [0.29, 0.717) is 13.0 Å². The summed E-state index contributed by atoms with van der Waals surface area (Å²) >= 11 is 4.82. The standard InChI is InChI=1S/C10H20NO4PS/c1-4-10(12)11-6-9(14-2)5-8(11)7-15-16(3,13)17/h8-9H,4-7H2,1-3H3,(H,13,17). The monoisotopic (exact) mass is 281 g/mol. The highest BCUT2D eigenvalue weighted by molar-refractivity contribution is 8.09. The molecule has 3 unspecified atom stereocenters. The molecule has 0 aromatic carbocycles. The number of methoxy groups -OCH3 is 1. The van der Waals surface area contributed by atoms with Crippen LogP contribution in [0.5, 0.6) is 0 Å². The molecule has 0 bridgehead atoms. The van der Waals surface area contributed by atoms with Crippen LogP contribution in [0.15, 0.2) is 0 Å². The van der Waals surface area contributed by atoms with Crippen molar-refractivity contribution in [1.82, 2.24) is 4.90 Å². The van der Waals surface area contributed by atoms with Crippen LogP contribution in [0.1, 0.15) is 19.8 Å². The van der Waals surface area contributed by atoms with E-state index in [1.54, 1.807) is 12.0 Å². The number of rotatable bonds is 5. The fourth-order valence-electron chi connectivity index (χ4n) is 1.94. The fraction of sp³-hybridized carbons (Fsp3) is 0.900. The van der Waals surface area contributed by atoms with E-state index in [4.69, 9.17) is 21.1 Å². The highest BCUT2D eigenvalue weighted by atomic mass is 32.5. The minimum absolute atomic E-state index is 0.0400. The molecule has 100 valence electrons. The zero-order valence-electron chi connectivity index (χ0n) is 10.5. The van der Waals surface area contributed by atoms with Crippen molar-refractivity contribution in [2.45, 2.75) is 31.9 Å². The number of nitrogens with zero attached hydrogens (tertiary/aromatic N) is 1. The van der Waals surface area contributed by atoms with Crippen LogP contribution in [0.3, 0.4) is 0 Å². The number of likely N-dealkylation sites (tertiary alicyclic amines) is 1. The topological polar surface area (TPSA) is 59.0 Å². The Balaban J connectivity index is 2.60. The lowest BCUT2D eigenvalue weighted by Crippen LogP contribution is -2.38. The predicted octanol–water partition coefficient (Wildman–Crippen LogP) is 0.961. The zero-order valence-corrected chi connectivity index (χ0v) is 12.2. The summed E-state index contributed by atoms with van der Waals surface area (Å²) in [4.78, 5) is 23.0. The van der Waals surface area contributed by atoms with Gasteiger partial charge in [0.05, 0.1) is 18.8 Å². The van der Waals surface area contributed by atoms with Gasteiger partial charge in [-0.2, -0.15) is 0 Å². The SMILES string of the molecule is CCC(=O)N1CC(OC)CC1COP(C)(O)=S. The average molecular weight is 281 g/mol. The van der Waals surface area contributed by atoms with Crippen molar-refractivity contribution in [2.24, 2.45) is 0 Å². The van der Waals surface area contributed by atoms with Crippen molar-refractivity contribution in [2.75, 3.05) is 26.9 Å². The highest BCUT2D eigenvalue weighted by Gasteiger charge is 2.35. The van der Waals surface area contributed by atoms with Gasteiger partial charge in [-0.15, -0.1) is 0 Å². The minimum Gasteiger partial charge on any atom is -0.380 e. The van der Waals surface area contributed by atoms with Crippen LogP contribution in [0.4, 0.5) is 0 Å². The van der Waals surface area contributed by atoms with Crippen molar-refractivity contribution in [1.29, 1.82) is 0 Å². The van der Waals surface area contributed by atoms with Gasteiger partial charge in [0.2, 0.25) is 5.91 Å². The van der Waals surface area contributed by atoms with Gasteiger partial charge in [-0.3, -0.25) is 4.79 Å². The average Bonchev–Trinajstić information content (AvgIpc) is 2.67. The first kappa shape index (κ1) is 15.1. The van der Waals surface area contributed by atoms with E-state index < -0.39 is 6.49 Å². The van der Waals surface area contributed by atoms with Crippen LogP contribution in [-0.2, 0) is 25.9 Å². The molecule has 1 saturated heterocycles. The normalized spacial score (nSPS) is 28.1. The number of hydrogen-bond donors (Lipinski definition) is 1. The lowest BCUT2D eigenvalue weighted by atomic mass is 10.2. The van der Waals surface area contributed by atoms with Gasteiger partial charge in [-0.1, -0.05) is 6.92 Å². The second-order valence-electron chi connectivity index (χ2n) is 4.25. The summed E-state index contributed by atoms with van der Waals surface area (Å²) in [7, 11) is 1.64. The summed E-state index contributed by atoms with van der Waals surface area (Å²) in [5, 5.41) is 0. The Hall–Kier alpha value is -0.000000000000000111. The molecule has 17 heavy (non-hydrogen) atoms. The number of ether oxygens (including phenoxy) is 1. The second kappa shape index (κ2) is 6.25. The van der Waals surface area contributed by atoms with Crippen molar-refractivity contribution < 1.29 is 18.9 Å². The summed E-state index contributed by atoms with van der Waals surface area (Å²) < 4.78 is 10.5. The fourth-order valence-corrected chi connectivity index (χ4v) is 2.57. The van der Waals surface area contributed by atoms with Crippen LogP contribution < -0.4 is 0 Å². The molecule has 1 amide bonds. The van der Waals surface area contributed by atoms with Crippen LogP contribution in [0.25, 0.3) is 0 Å². The number of carbonyl (C=O) groups excluding carboxylic acids is 1. The number of amides is 1. The van der Waals surface area contributed by atoms with Crippen LogP contribution in [-0.4, -0.2) is 54.8 Å². The molecule has 0 spiro atoms. The molecule has 5 nitrogen and oxygen atoms in total. The van der Waals surface area contributed by atoms with Crippen LogP contribution in [0.2, 0.25) is 0 Å². The lowest BCUT2D eigenvalue weighted by molar-refractivity contribution is -0.132. The van der Waals surface area contributed by atoms with Gasteiger partial charge >= 0.3 is 0 Å². The molecule has 1 aliphatic heterocycles. The van der Waals surface area contributed by atoms with Crippen LogP contribution in [0, 0.1) is 0 Å². The van der Waals surface area contributed by atoms with Gasteiger partial charge in [0, 0.05) is 26.7 Å². The van der Waals surface area contributed by atoms with Gasteiger partial charge in [0.15, 0.2) is 6.49 Å². The van der Waals surface area contributed by atoms with Gasteiger partial charge < -0.3 is 19.1 Å². The Morgan fingerprint density at radius 2 is 2.29 bits per heavy atom. The van der Waals surface area contributed by atoms with Gasteiger partial charge in [0.1, 0.15) is 0 Å². The van der Waals surface area contributed by atoms with Gasteiger partial charge in [0.25, 0.3) is 0 Å². The smallest absolute Gasteiger partial charge is 0.222 e. The summed E-state index contributed by atoms with van der Waals surface area (Å²) in [5.41, 5.74) is 0. The van der Waals surface area contributed by atoms with E-state index in [9.17, 15) is 9.69 Å². The largest absolute Gasteiger partial charge is 0.380 e. The second-order valence-corrected chi connectivity index (χ2v) is 8.14. The van der Waals surface area contributed by atoms with Crippen molar-refractivity contribution in [3.05, 3.63) is 0 Å². The quantitative estimate of drug-likeness (QED) is 0.761. The maximum atomic E-state index is 11.7. The molecule has 1 N–H and O–H groups in total. The third kappa shape index (κ3) is 4.64. The first-order valence-electron chi connectivity index (χ1n) is 5.64. The number of hydrogen-bond acceptors (Lipinski definition) is 4. The lowest BCUT2D eigenvalue weighted by Gasteiger charge is -2.24. The van der Waals surface area contributed by atoms with Crippen LogP contribution >= 0.6 is 6.49 Å². The molecular weight excluding hydrogens is 261 g/mol. The van der Waals surface area contributed by atoms with E-state index >= 15 is 0 Å². The molecule has 0 saturated carbocycles. The van der Waals surface area contributed by atoms with Gasteiger partial charge in [-0.25, -0.2) is 0 Å². The van der Waals surface area contributed by atoms with Crippen molar-refractivity contribution in [3.8, 4) is 0 Å². The Bertz CT molecular complexity index is 319. The molecule has 0 aromatic heterocycles. The molecule has 1 heterocycles. The summed E-state index contributed by atoms with van der Waals surface area (Å²) in [6.07, 6.45) is 1.25. The molecule has 1 rings (SSSR count). The summed E-state index contributed by atoms with van der Waals surface area (Å²) in [6, 6.07) is -0.0400. The molecule has 0 aromatic rings. The maximum absolute atomic E-state index is 11.7. The van der Waals surface area contributed by atoms with E-state index in [-0.39, 0.29) is 24.7 Å². The first-order valence-corrected chi connectivity index (χ1v) is 8.76. The Morgan fingerprint density at radius 1 is 1.65 bits per heavy atom. The number of carbonyl (C=O) groups is 1.